The van der Waals surface area contributed by atoms with Gasteiger partial charge in [-0.05, 0) is 92.0 Å². The Morgan fingerprint density at radius 2 is 0.731 bits per heavy atom. The van der Waals surface area contributed by atoms with Crippen LogP contribution in [-0.2, 0) is 32.1 Å². The standard InChI is InChI=1S/C26H46/c1-6-11-16-22-21-23(17-12-7-2)25(19-14-9-4)26(20-15-10-5)24(22)18-13-8-3/h21H,6-20H2,1-5H3. The summed E-state index contributed by atoms with van der Waals surface area (Å²) in [6.07, 6.45) is 19.8. The third-order valence-electron chi connectivity index (χ3n) is 5.79. The van der Waals surface area contributed by atoms with Crippen LogP contribution in [0.1, 0.15) is 127 Å². The maximum absolute atomic E-state index is 2.65. The van der Waals surface area contributed by atoms with Gasteiger partial charge in [0.1, 0.15) is 0 Å². The number of rotatable bonds is 15. The topological polar surface area (TPSA) is 0 Å². The van der Waals surface area contributed by atoms with E-state index in [2.05, 4.69) is 40.7 Å². The molecule has 0 bridgehead atoms. The van der Waals surface area contributed by atoms with Gasteiger partial charge in [-0.2, -0.15) is 0 Å². The third kappa shape index (κ3) is 7.45. The van der Waals surface area contributed by atoms with Crippen LogP contribution in [0, 0.1) is 0 Å². The average Bonchev–Trinajstić information content (AvgIpc) is 2.66. The van der Waals surface area contributed by atoms with E-state index in [-0.39, 0.29) is 0 Å². The summed E-state index contributed by atoms with van der Waals surface area (Å²) in [5.74, 6) is 0. The molecule has 0 saturated heterocycles. The molecular weight excluding hydrogens is 312 g/mol. The van der Waals surface area contributed by atoms with Gasteiger partial charge in [0.05, 0.1) is 0 Å². The lowest BCUT2D eigenvalue weighted by molar-refractivity contribution is 0.704. The highest BCUT2D eigenvalue weighted by Crippen LogP contribution is 2.30. The van der Waals surface area contributed by atoms with Gasteiger partial charge in [0, 0.05) is 0 Å². The van der Waals surface area contributed by atoms with Gasteiger partial charge in [0.15, 0.2) is 0 Å². The lowest BCUT2D eigenvalue weighted by atomic mass is 9.82. The fourth-order valence-corrected chi connectivity index (χ4v) is 4.12. The molecule has 26 heavy (non-hydrogen) atoms. The van der Waals surface area contributed by atoms with Crippen molar-refractivity contribution < 1.29 is 0 Å². The second-order valence-electron chi connectivity index (χ2n) is 8.15. The minimum atomic E-state index is 1.29. The molecule has 0 heteroatoms. The van der Waals surface area contributed by atoms with Gasteiger partial charge in [-0.3, -0.25) is 0 Å². The Balaban J connectivity index is 3.41. The van der Waals surface area contributed by atoms with E-state index in [9.17, 15) is 0 Å². The van der Waals surface area contributed by atoms with Crippen molar-refractivity contribution >= 4 is 0 Å². The van der Waals surface area contributed by atoms with Crippen molar-refractivity contribution in [2.75, 3.05) is 0 Å². The molecule has 0 unspecified atom stereocenters. The summed E-state index contributed by atoms with van der Waals surface area (Å²) < 4.78 is 0. The monoisotopic (exact) mass is 358 g/mol. The van der Waals surface area contributed by atoms with E-state index in [0.717, 1.165) is 0 Å². The molecule has 0 spiro atoms. The first-order chi connectivity index (χ1) is 12.7. The minimum Gasteiger partial charge on any atom is -0.0654 e. The Morgan fingerprint density at radius 1 is 0.423 bits per heavy atom. The van der Waals surface area contributed by atoms with Crippen LogP contribution in [0.15, 0.2) is 6.07 Å². The Labute approximate surface area is 165 Å². The largest absolute Gasteiger partial charge is 0.0654 e. The van der Waals surface area contributed by atoms with Gasteiger partial charge >= 0.3 is 0 Å². The summed E-state index contributed by atoms with van der Waals surface area (Å²) in [5, 5.41) is 0. The van der Waals surface area contributed by atoms with Crippen LogP contribution < -0.4 is 0 Å². The van der Waals surface area contributed by atoms with Crippen LogP contribution >= 0.6 is 0 Å². The molecule has 0 saturated carbocycles. The molecule has 0 nitrogen and oxygen atoms in total. The van der Waals surface area contributed by atoms with Crippen LogP contribution in [0.25, 0.3) is 0 Å². The van der Waals surface area contributed by atoms with Gasteiger partial charge in [-0.25, -0.2) is 0 Å². The van der Waals surface area contributed by atoms with Crippen LogP contribution in [0.3, 0.4) is 0 Å². The minimum absolute atomic E-state index is 1.29. The van der Waals surface area contributed by atoms with Crippen LogP contribution in [0.4, 0.5) is 0 Å². The molecule has 0 fully saturated rings. The molecule has 0 aliphatic carbocycles. The Hall–Kier alpha value is -0.780. The van der Waals surface area contributed by atoms with Gasteiger partial charge in [0.2, 0.25) is 0 Å². The van der Waals surface area contributed by atoms with Crippen LogP contribution in [0.2, 0.25) is 0 Å². The summed E-state index contributed by atoms with van der Waals surface area (Å²) >= 11 is 0. The zero-order valence-electron chi connectivity index (χ0n) is 18.7. The highest BCUT2D eigenvalue weighted by molar-refractivity contribution is 5.47. The van der Waals surface area contributed by atoms with Crippen molar-refractivity contribution in [3.63, 3.8) is 0 Å². The van der Waals surface area contributed by atoms with Gasteiger partial charge in [0.25, 0.3) is 0 Å². The number of benzene rings is 1. The average molecular weight is 359 g/mol. The van der Waals surface area contributed by atoms with Crippen molar-refractivity contribution in [3.05, 3.63) is 33.9 Å². The van der Waals surface area contributed by atoms with Crippen LogP contribution in [-0.4, -0.2) is 0 Å². The maximum atomic E-state index is 2.65. The normalized spacial score (nSPS) is 11.3. The predicted octanol–water partition coefficient (Wildman–Crippen LogP) is 8.40. The van der Waals surface area contributed by atoms with Gasteiger partial charge in [-0.1, -0.05) is 72.8 Å². The summed E-state index contributed by atoms with van der Waals surface area (Å²) in [7, 11) is 0. The molecule has 1 rings (SSSR count). The lowest BCUT2D eigenvalue weighted by Gasteiger charge is -2.23. The Bertz CT molecular complexity index is 445. The van der Waals surface area contributed by atoms with E-state index in [4.69, 9.17) is 0 Å². The number of unbranched alkanes of at least 4 members (excludes halogenated alkanes) is 5. The van der Waals surface area contributed by atoms with Crippen molar-refractivity contribution in [3.8, 4) is 0 Å². The summed E-state index contributed by atoms with van der Waals surface area (Å²) in [6.45, 7) is 11.7. The molecule has 0 amide bonds. The lowest BCUT2D eigenvalue weighted by Crippen LogP contribution is -2.10. The molecule has 150 valence electrons. The van der Waals surface area contributed by atoms with Gasteiger partial charge in [-0.15, -0.1) is 0 Å². The predicted molar refractivity (Wildman–Crippen MR) is 120 cm³/mol. The summed E-state index contributed by atoms with van der Waals surface area (Å²) in [4.78, 5) is 0. The van der Waals surface area contributed by atoms with E-state index in [1.807, 2.05) is 0 Å². The van der Waals surface area contributed by atoms with Gasteiger partial charge < -0.3 is 0 Å². The second kappa shape index (κ2) is 14.3. The molecular formula is C26H46. The highest BCUT2D eigenvalue weighted by atomic mass is 14.2. The van der Waals surface area contributed by atoms with Crippen molar-refractivity contribution in [2.45, 2.75) is 131 Å². The van der Waals surface area contributed by atoms with E-state index < -0.39 is 0 Å². The van der Waals surface area contributed by atoms with E-state index in [1.54, 1.807) is 27.8 Å². The zero-order valence-corrected chi connectivity index (χ0v) is 18.7. The van der Waals surface area contributed by atoms with E-state index in [1.165, 1.54) is 96.3 Å². The molecule has 0 N–H and O–H groups in total. The first-order valence-electron chi connectivity index (χ1n) is 11.9. The number of aryl methyl sites for hydroxylation is 2. The van der Waals surface area contributed by atoms with Crippen molar-refractivity contribution in [1.29, 1.82) is 0 Å². The molecule has 0 atom stereocenters. The second-order valence-corrected chi connectivity index (χ2v) is 8.15. The fraction of sp³-hybridized carbons (Fsp3) is 0.769. The summed E-state index contributed by atoms with van der Waals surface area (Å²) in [5.41, 5.74) is 8.73. The molecule has 0 radical (unpaired) electrons. The van der Waals surface area contributed by atoms with E-state index in [0.29, 0.717) is 0 Å². The smallest absolute Gasteiger partial charge is 0.0273 e. The molecule has 1 aromatic rings. The molecule has 0 aliphatic rings. The van der Waals surface area contributed by atoms with Crippen molar-refractivity contribution in [1.82, 2.24) is 0 Å². The van der Waals surface area contributed by atoms with Crippen molar-refractivity contribution in [2.24, 2.45) is 0 Å². The first-order valence-corrected chi connectivity index (χ1v) is 11.9. The SMILES string of the molecule is CCCCc1cc(CCCC)c(CCCC)c(CCCC)c1CCCC. The maximum Gasteiger partial charge on any atom is -0.0273 e. The fourth-order valence-electron chi connectivity index (χ4n) is 4.12. The zero-order chi connectivity index (χ0) is 19.2. The number of hydrogen-bond donors (Lipinski definition) is 0. The quantitative estimate of drug-likeness (QED) is 0.295. The highest BCUT2D eigenvalue weighted by Gasteiger charge is 2.17. The Kier molecular flexibility index (Phi) is 12.8. The summed E-state index contributed by atoms with van der Waals surface area (Å²) in [6, 6.07) is 2.65. The molecule has 0 aromatic heterocycles. The molecule has 1 aromatic carbocycles. The molecule has 0 aliphatic heterocycles. The van der Waals surface area contributed by atoms with E-state index >= 15 is 0 Å². The van der Waals surface area contributed by atoms with Crippen LogP contribution in [0.5, 0.6) is 0 Å². The molecule has 0 heterocycles. The third-order valence-corrected chi connectivity index (χ3v) is 5.79. The first kappa shape index (κ1) is 23.3. The number of hydrogen-bond acceptors (Lipinski definition) is 0. The Morgan fingerprint density at radius 3 is 1.08 bits per heavy atom.